The topological polar surface area (TPSA) is 83.3 Å². The number of quaternary nitrogens is 1. The van der Waals surface area contributed by atoms with E-state index in [4.69, 9.17) is 9.47 Å². The van der Waals surface area contributed by atoms with Crippen LogP contribution in [0.5, 0.6) is 11.5 Å². The fraction of sp³-hybridized carbons (Fsp3) is 0.391. The summed E-state index contributed by atoms with van der Waals surface area (Å²) in [4.78, 5) is 29.2. The minimum absolute atomic E-state index is 0.00665. The molecule has 0 spiro atoms. The van der Waals surface area contributed by atoms with Crippen LogP contribution in [-0.2, 0) is 4.79 Å². The first-order chi connectivity index (χ1) is 14.9. The number of rotatable bonds is 10. The second-order valence-corrected chi connectivity index (χ2v) is 8.43. The summed E-state index contributed by atoms with van der Waals surface area (Å²) < 4.78 is 11.4. The van der Waals surface area contributed by atoms with Crippen molar-refractivity contribution < 1.29 is 29.1 Å². The summed E-state index contributed by atoms with van der Waals surface area (Å²) in [5.74, 6) is -0.666. The van der Waals surface area contributed by atoms with Gasteiger partial charge in [0.15, 0.2) is 11.5 Å². The van der Waals surface area contributed by atoms with E-state index >= 15 is 0 Å². The quantitative estimate of drug-likeness (QED) is 0.555. The summed E-state index contributed by atoms with van der Waals surface area (Å²) in [6.45, 7) is 5.67. The first kappa shape index (κ1) is 22.8. The summed E-state index contributed by atoms with van der Waals surface area (Å²) in [7, 11) is 3.95. The maximum atomic E-state index is 13.2. The third kappa shape index (κ3) is 4.75. The van der Waals surface area contributed by atoms with E-state index in [2.05, 4.69) is 0 Å². The van der Waals surface area contributed by atoms with Gasteiger partial charge in [0, 0.05) is 5.57 Å². The standard InChI is InChI=1S/C23H28N2O5S/c1-5-29-16-10-9-15(14-17(16)30-6-2)20-19(21(26)18-8-7-13-31-18)22(27)23(28)25(20)12-11-24(3)4/h7-10,13-14,20,27H,5-6,11-12H2,1-4H3. The number of likely N-dealkylation sites (N-methyl/N-ethyl adjacent to an activating group) is 1. The third-order valence-electron chi connectivity index (χ3n) is 5.01. The lowest BCUT2D eigenvalue weighted by Crippen LogP contribution is -3.06. The molecule has 0 fully saturated rings. The predicted molar refractivity (Wildman–Crippen MR) is 117 cm³/mol. The predicted octanol–water partition coefficient (Wildman–Crippen LogP) is 1.07. The Morgan fingerprint density at radius 1 is 1.16 bits per heavy atom. The number of nitrogens with one attached hydrogen (secondary N) is 1. The largest absolute Gasteiger partial charge is 0.868 e. The summed E-state index contributed by atoms with van der Waals surface area (Å²) in [6.07, 6.45) is 0. The Balaban J connectivity index is 2.09. The molecule has 2 aromatic rings. The van der Waals surface area contributed by atoms with Crippen LogP contribution >= 0.6 is 11.3 Å². The third-order valence-corrected chi connectivity index (χ3v) is 5.88. The van der Waals surface area contributed by atoms with E-state index in [9.17, 15) is 14.7 Å². The molecular formula is C23H28N2O5S. The number of benzene rings is 1. The van der Waals surface area contributed by atoms with Crippen LogP contribution in [0.25, 0.3) is 0 Å². The van der Waals surface area contributed by atoms with E-state index in [1.165, 1.54) is 16.2 Å². The van der Waals surface area contributed by atoms with Gasteiger partial charge in [-0.1, -0.05) is 12.1 Å². The minimum Gasteiger partial charge on any atom is -0.868 e. The van der Waals surface area contributed by atoms with Crippen LogP contribution in [0.1, 0.15) is 35.1 Å². The Morgan fingerprint density at radius 3 is 2.48 bits per heavy atom. The lowest BCUT2D eigenvalue weighted by molar-refractivity contribution is -0.857. The second kappa shape index (κ2) is 9.98. The lowest BCUT2D eigenvalue weighted by Gasteiger charge is -2.28. The van der Waals surface area contributed by atoms with Crippen LogP contribution in [0.4, 0.5) is 0 Å². The first-order valence-corrected chi connectivity index (χ1v) is 11.3. The molecule has 1 aliphatic heterocycles. The number of ketones is 1. The van der Waals surface area contributed by atoms with Crippen LogP contribution in [0.3, 0.4) is 0 Å². The average Bonchev–Trinajstić information content (AvgIpc) is 3.36. The molecule has 0 saturated heterocycles. The number of carbonyl (C=O) groups excluding carboxylic acids is 2. The number of nitrogens with zero attached hydrogens (tertiary/aromatic N) is 1. The fourth-order valence-corrected chi connectivity index (χ4v) is 4.25. The van der Waals surface area contributed by atoms with Gasteiger partial charge in [-0.15, -0.1) is 11.3 Å². The molecule has 166 valence electrons. The highest BCUT2D eigenvalue weighted by Crippen LogP contribution is 2.41. The van der Waals surface area contributed by atoms with Crippen LogP contribution in [0.2, 0.25) is 0 Å². The second-order valence-electron chi connectivity index (χ2n) is 7.48. The maximum Gasteiger partial charge on any atom is 0.240 e. The average molecular weight is 445 g/mol. The van der Waals surface area contributed by atoms with Gasteiger partial charge in [-0.05, 0) is 48.7 Å². The molecule has 1 amide bonds. The number of carbonyl (C=O) groups is 2. The van der Waals surface area contributed by atoms with Crippen molar-refractivity contribution in [3.63, 3.8) is 0 Å². The molecule has 0 aliphatic carbocycles. The molecule has 31 heavy (non-hydrogen) atoms. The van der Waals surface area contributed by atoms with Crippen molar-refractivity contribution >= 4 is 23.0 Å². The minimum atomic E-state index is -0.760. The fourth-order valence-electron chi connectivity index (χ4n) is 3.57. The van der Waals surface area contributed by atoms with Crippen molar-refractivity contribution in [3.8, 4) is 11.5 Å². The summed E-state index contributed by atoms with van der Waals surface area (Å²) in [5.41, 5.74) is 0.646. The summed E-state index contributed by atoms with van der Waals surface area (Å²) in [6, 6.07) is 7.99. The van der Waals surface area contributed by atoms with E-state index in [1.807, 2.05) is 27.9 Å². The van der Waals surface area contributed by atoms with Gasteiger partial charge in [0.05, 0.1) is 51.3 Å². The molecule has 2 heterocycles. The van der Waals surface area contributed by atoms with Gasteiger partial charge in [0.1, 0.15) is 0 Å². The molecule has 1 unspecified atom stereocenters. The Hall–Kier alpha value is -2.84. The smallest absolute Gasteiger partial charge is 0.240 e. The SMILES string of the molecule is CCOc1ccc(C2C(C(=O)c3cccs3)=C([O-])C(=O)N2CC[NH+](C)C)cc1OCC. The Bertz CT molecular complexity index is 968. The molecule has 1 aromatic carbocycles. The highest BCUT2D eigenvalue weighted by atomic mass is 32.1. The first-order valence-electron chi connectivity index (χ1n) is 10.4. The Labute approximate surface area is 186 Å². The van der Waals surface area contributed by atoms with Crippen molar-refractivity contribution in [1.82, 2.24) is 4.90 Å². The molecule has 8 heteroatoms. The van der Waals surface area contributed by atoms with Crippen molar-refractivity contribution in [2.45, 2.75) is 19.9 Å². The van der Waals surface area contributed by atoms with Gasteiger partial charge < -0.3 is 24.4 Å². The maximum absolute atomic E-state index is 13.2. The number of amides is 1. The van der Waals surface area contributed by atoms with E-state index < -0.39 is 23.5 Å². The van der Waals surface area contributed by atoms with Crippen molar-refractivity contribution in [3.05, 3.63) is 57.5 Å². The van der Waals surface area contributed by atoms with E-state index in [1.54, 1.807) is 35.7 Å². The monoisotopic (exact) mass is 444 g/mol. The van der Waals surface area contributed by atoms with Gasteiger partial charge in [-0.3, -0.25) is 9.59 Å². The summed E-state index contributed by atoms with van der Waals surface area (Å²) in [5, 5.41) is 14.7. The molecule has 1 atom stereocenters. The van der Waals surface area contributed by atoms with Crippen LogP contribution in [0, 0.1) is 0 Å². The number of hydrogen-bond donors (Lipinski definition) is 1. The summed E-state index contributed by atoms with van der Waals surface area (Å²) >= 11 is 1.26. The van der Waals surface area contributed by atoms with E-state index in [0.717, 1.165) is 4.90 Å². The molecule has 7 nitrogen and oxygen atoms in total. The van der Waals surface area contributed by atoms with E-state index in [0.29, 0.717) is 48.2 Å². The molecule has 0 saturated carbocycles. The van der Waals surface area contributed by atoms with Crippen molar-refractivity contribution in [1.29, 1.82) is 0 Å². The number of ether oxygens (including phenoxy) is 2. The molecule has 0 radical (unpaired) electrons. The number of thiophene rings is 1. The van der Waals surface area contributed by atoms with Crippen LogP contribution in [-0.4, -0.2) is 57.0 Å². The van der Waals surface area contributed by atoms with Gasteiger partial charge in [0.2, 0.25) is 11.7 Å². The Kier molecular flexibility index (Phi) is 7.35. The zero-order valence-electron chi connectivity index (χ0n) is 18.3. The Morgan fingerprint density at radius 2 is 1.87 bits per heavy atom. The van der Waals surface area contributed by atoms with Crippen LogP contribution in [0.15, 0.2) is 47.0 Å². The van der Waals surface area contributed by atoms with Crippen molar-refractivity contribution in [2.75, 3.05) is 40.4 Å². The molecule has 3 rings (SSSR count). The normalized spacial score (nSPS) is 16.4. The lowest BCUT2D eigenvalue weighted by atomic mass is 9.95. The zero-order valence-corrected chi connectivity index (χ0v) is 19.1. The van der Waals surface area contributed by atoms with Gasteiger partial charge in [-0.2, -0.15) is 0 Å². The molecule has 0 bridgehead atoms. The van der Waals surface area contributed by atoms with Gasteiger partial charge in [-0.25, -0.2) is 0 Å². The zero-order chi connectivity index (χ0) is 22.5. The van der Waals surface area contributed by atoms with E-state index in [-0.39, 0.29) is 5.57 Å². The number of hydrogen-bond acceptors (Lipinski definition) is 6. The number of Topliss-reactive ketones (excluding diaryl/α,β-unsaturated/α-hetero) is 1. The van der Waals surface area contributed by atoms with Gasteiger partial charge >= 0.3 is 0 Å². The molecule has 1 aromatic heterocycles. The highest BCUT2D eigenvalue weighted by Gasteiger charge is 2.40. The highest BCUT2D eigenvalue weighted by molar-refractivity contribution is 7.12. The molecule has 1 N–H and O–H groups in total. The van der Waals surface area contributed by atoms with Crippen LogP contribution < -0.4 is 19.5 Å². The molecule has 1 aliphatic rings. The van der Waals surface area contributed by atoms with Gasteiger partial charge in [0.25, 0.3) is 0 Å². The molecular weight excluding hydrogens is 416 g/mol. The van der Waals surface area contributed by atoms with Crippen molar-refractivity contribution in [2.24, 2.45) is 0 Å².